The summed E-state index contributed by atoms with van der Waals surface area (Å²) in [4.78, 5) is 16.6. The van der Waals surface area contributed by atoms with E-state index in [1.54, 1.807) is 19.1 Å². The summed E-state index contributed by atoms with van der Waals surface area (Å²) in [6.45, 7) is 3.68. The summed E-state index contributed by atoms with van der Waals surface area (Å²) in [6, 6.07) is 6.67. The summed E-state index contributed by atoms with van der Waals surface area (Å²) in [5.74, 6) is 0.231. The molecule has 0 unspecified atom stereocenters. The van der Waals surface area contributed by atoms with E-state index in [1.165, 1.54) is 26.4 Å². The SMILES string of the molecule is CC[C@H](C)NC(=O)c1cc2nc(-c3ccc(OC)c(OC)c3)cc(C(F)(F)F)n2n1. The van der Waals surface area contributed by atoms with Crippen molar-refractivity contribution < 1.29 is 27.4 Å². The number of nitrogens with one attached hydrogen (secondary N) is 1. The Morgan fingerprint density at radius 2 is 1.87 bits per heavy atom. The molecule has 0 fully saturated rings. The summed E-state index contributed by atoms with van der Waals surface area (Å²) < 4.78 is 52.2. The lowest BCUT2D eigenvalue weighted by Crippen LogP contribution is -2.32. The molecule has 0 aliphatic heterocycles. The molecule has 10 heteroatoms. The van der Waals surface area contributed by atoms with Gasteiger partial charge >= 0.3 is 6.18 Å². The van der Waals surface area contributed by atoms with Gasteiger partial charge in [-0.3, -0.25) is 4.79 Å². The molecule has 0 aliphatic rings. The van der Waals surface area contributed by atoms with Crippen molar-refractivity contribution in [1.82, 2.24) is 19.9 Å². The van der Waals surface area contributed by atoms with Gasteiger partial charge in [0.15, 0.2) is 28.5 Å². The Morgan fingerprint density at radius 1 is 1.17 bits per heavy atom. The Kier molecular flexibility index (Phi) is 5.86. The van der Waals surface area contributed by atoms with Crippen LogP contribution in [0.2, 0.25) is 0 Å². The molecule has 0 radical (unpaired) electrons. The number of carbonyl (C=O) groups is 1. The predicted octanol–water partition coefficient (Wildman–Crippen LogP) is 3.96. The van der Waals surface area contributed by atoms with Gasteiger partial charge < -0.3 is 14.8 Å². The second-order valence-corrected chi connectivity index (χ2v) is 6.68. The molecule has 1 N–H and O–H groups in total. The van der Waals surface area contributed by atoms with Crippen LogP contribution in [0.5, 0.6) is 11.5 Å². The lowest BCUT2D eigenvalue weighted by molar-refractivity contribution is -0.142. The van der Waals surface area contributed by atoms with Crippen molar-refractivity contribution in [3.63, 3.8) is 0 Å². The van der Waals surface area contributed by atoms with Gasteiger partial charge in [0.25, 0.3) is 5.91 Å². The first-order chi connectivity index (χ1) is 14.2. The Balaban J connectivity index is 2.15. The minimum Gasteiger partial charge on any atom is -0.493 e. The quantitative estimate of drug-likeness (QED) is 0.651. The van der Waals surface area contributed by atoms with E-state index in [0.717, 1.165) is 6.07 Å². The normalized spacial score (nSPS) is 12.6. The van der Waals surface area contributed by atoms with Crippen LogP contribution in [-0.2, 0) is 6.18 Å². The van der Waals surface area contributed by atoms with Crippen molar-refractivity contribution in [3.05, 3.63) is 41.7 Å². The van der Waals surface area contributed by atoms with Crippen LogP contribution in [0.3, 0.4) is 0 Å². The van der Waals surface area contributed by atoms with E-state index in [0.29, 0.717) is 28.0 Å². The van der Waals surface area contributed by atoms with Crippen LogP contribution in [0.4, 0.5) is 13.2 Å². The average Bonchev–Trinajstić information content (AvgIpc) is 3.15. The molecule has 1 aromatic carbocycles. The van der Waals surface area contributed by atoms with Crippen molar-refractivity contribution in [3.8, 4) is 22.8 Å². The molecule has 1 atom stereocenters. The number of ether oxygens (including phenoxy) is 2. The average molecular weight is 422 g/mol. The predicted molar refractivity (Wildman–Crippen MR) is 104 cm³/mol. The Hall–Kier alpha value is -3.30. The summed E-state index contributed by atoms with van der Waals surface area (Å²) in [7, 11) is 2.89. The molecule has 7 nitrogen and oxygen atoms in total. The van der Waals surface area contributed by atoms with E-state index in [-0.39, 0.29) is 23.1 Å². The van der Waals surface area contributed by atoms with Gasteiger partial charge in [0, 0.05) is 17.7 Å². The van der Waals surface area contributed by atoms with Crippen molar-refractivity contribution in [2.24, 2.45) is 0 Å². The number of halogens is 3. The van der Waals surface area contributed by atoms with Crippen LogP contribution in [0, 0.1) is 0 Å². The molecule has 1 amide bonds. The Labute approximate surface area is 170 Å². The molecule has 160 valence electrons. The maximum atomic E-state index is 13.7. The highest BCUT2D eigenvalue weighted by molar-refractivity contribution is 5.93. The summed E-state index contributed by atoms with van der Waals surface area (Å²) in [5, 5.41) is 6.52. The number of carbonyl (C=O) groups excluding carboxylic acids is 1. The number of nitrogens with zero attached hydrogens (tertiary/aromatic N) is 3. The highest BCUT2D eigenvalue weighted by Crippen LogP contribution is 2.35. The topological polar surface area (TPSA) is 77.8 Å². The number of amides is 1. The minimum absolute atomic E-state index is 0.0598. The maximum Gasteiger partial charge on any atom is 0.433 e. The number of aromatic nitrogens is 3. The first-order valence-corrected chi connectivity index (χ1v) is 9.19. The van der Waals surface area contributed by atoms with E-state index >= 15 is 0 Å². The molecule has 0 saturated heterocycles. The highest BCUT2D eigenvalue weighted by atomic mass is 19.4. The fourth-order valence-corrected chi connectivity index (χ4v) is 2.83. The van der Waals surface area contributed by atoms with Crippen molar-refractivity contribution >= 4 is 11.6 Å². The molecular weight excluding hydrogens is 401 g/mol. The fraction of sp³-hybridized carbons (Fsp3) is 0.350. The maximum absolute atomic E-state index is 13.7. The van der Waals surface area contributed by atoms with Crippen LogP contribution >= 0.6 is 0 Å². The van der Waals surface area contributed by atoms with Crippen LogP contribution in [0.15, 0.2) is 30.3 Å². The standard InChI is InChI=1S/C20H21F3N4O3/c1-5-11(2)24-19(28)14-10-18-25-13(9-17(20(21,22)23)27(18)26-14)12-6-7-15(29-3)16(8-12)30-4/h6-11H,5H2,1-4H3,(H,24,28)/t11-/m0/s1. The zero-order chi connectivity index (χ0) is 22.1. The van der Waals surface area contributed by atoms with Gasteiger partial charge in [-0.2, -0.15) is 18.3 Å². The lowest BCUT2D eigenvalue weighted by Gasteiger charge is -2.12. The largest absolute Gasteiger partial charge is 0.493 e. The summed E-state index contributed by atoms with van der Waals surface area (Å²) in [6.07, 6.45) is -4.03. The smallest absolute Gasteiger partial charge is 0.433 e. The van der Waals surface area contributed by atoms with E-state index in [4.69, 9.17) is 9.47 Å². The number of fused-ring (bicyclic) bond motifs is 1. The van der Waals surface area contributed by atoms with Crippen LogP contribution < -0.4 is 14.8 Å². The van der Waals surface area contributed by atoms with Gasteiger partial charge in [-0.25, -0.2) is 9.50 Å². The van der Waals surface area contributed by atoms with Gasteiger partial charge in [-0.15, -0.1) is 0 Å². The van der Waals surface area contributed by atoms with Crippen LogP contribution in [0.25, 0.3) is 16.9 Å². The van der Waals surface area contributed by atoms with Gasteiger partial charge in [0.2, 0.25) is 0 Å². The van der Waals surface area contributed by atoms with E-state index in [2.05, 4.69) is 15.4 Å². The van der Waals surface area contributed by atoms with Crippen LogP contribution in [-0.4, -0.2) is 40.8 Å². The minimum atomic E-state index is -4.71. The molecule has 0 saturated carbocycles. The summed E-state index contributed by atoms with van der Waals surface area (Å²) >= 11 is 0. The molecule has 2 heterocycles. The van der Waals surface area contributed by atoms with Crippen molar-refractivity contribution in [2.45, 2.75) is 32.5 Å². The fourth-order valence-electron chi connectivity index (χ4n) is 2.83. The number of benzene rings is 1. The van der Waals surface area contributed by atoms with Crippen molar-refractivity contribution in [1.29, 1.82) is 0 Å². The Morgan fingerprint density at radius 3 is 2.47 bits per heavy atom. The van der Waals surface area contributed by atoms with Gasteiger partial charge in [-0.1, -0.05) is 6.92 Å². The van der Waals surface area contributed by atoms with E-state index < -0.39 is 17.8 Å². The number of hydrogen-bond acceptors (Lipinski definition) is 5. The second kappa shape index (κ2) is 8.21. The molecule has 3 aromatic rings. The third-order valence-electron chi connectivity index (χ3n) is 4.62. The van der Waals surface area contributed by atoms with Crippen LogP contribution in [0.1, 0.15) is 36.5 Å². The Bertz CT molecular complexity index is 1080. The molecular formula is C20H21F3N4O3. The lowest BCUT2D eigenvalue weighted by atomic mass is 10.1. The zero-order valence-corrected chi connectivity index (χ0v) is 16.9. The van der Waals surface area contributed by atoms with Crippen molar-refractivity contribution in [2.75, 3.05) is 14.2 Å². The monoisotopic (exact) mass is 422 g/mol. The molecule has 0 aliphatic carbocycles. The van der Waals surface area contributed by atoms with E-state index in [1.807, 2.05) is 6.92 Å². The number of hydrogen-bond donors (Lipinski definition) is 1. The molecule has 2 aromatic heterocycles. The third-order valence-corrected chi connectivity index (χ3v) is 4.62. The summed E-state index contributed by atoms with van der Waals surface area (Å²) in [5.41, 5.74) is -0.821. The molecule has 0 spiro atoms. The third kappa shape index (κ3) is 4.17. The van der Waals surface area contributed by atoms with Gasteiger partial charge in [-0.05, 0) is 37.6 Å². The molecule has 30 heavy (non-hydrogen) atoms. The second-order valence-electron chi connectivity index (χ2n) is 6.68. The first-order valence-electron chi connectivity index (χ1n) is 9.19. The highest BCUT2D eigenvalue weighted by Gasteiger charge is 2.35. The van der Waals surface area contributed by atoms with Gasteiger partial charge in [0.1, 0.15) is 0 Å². The molecule has 0 bridgehead atoms. The van der Waals surface area contributed by atoms with E-state index in [9.17, 15) is 18.0 Å². The number of methoxy groups -OCH3 is 2. The first kappa shape index (κ1) is 21.4. The number of rotatable bonds is 6. The number of alkyl halides is 3. The zero-order valence-electron chi connectivity index (χ0n) is 16.9. The molecule has 3 rings (SSSR count). The van der Waals surface area contributed by atoms with Gasteiger partial charge in [0.05, 0.1) is 19.9 Å².